The fourth-order valence-corrected chi connectivity index (χ4v) is 3.29. The van der Waals surface area contributed by atoms with Gasteiger partial charge in [-0.05, 0) is 24.7 Å². The number of rotatable bonds is 3. The highest BCUT2D eigenvalue weighted by molar-refractivity contribution is 5.80. The topological polar surface area (TPSA) is 20.3 Å². The summed E-state index contributed by atoms with van der Waals surface area (Å²) in [5.74, 6) is 1.54. The molecule has 2 nitrogen and oxygen atoms in total. The molecule has 1 saturated carbocycles. The highest BCUT2D eigenvalue weighted by Crippen LogP contribution is 2.38. The molecule has 0 bridgehead atoms. The Hall–Kier alpha value is -0.600. The van der Waals surface area contributed by atoms with E-state index in [2.05, 4.69) is 13.8 Å². The molecule has 0 radical (unpaired) electrons. The zero-order valence-electron chi connectivity index (χ0n) is 11.0. The van der Waals surface area contributed by atoms with Gasteiger partial charge in [-0.25, -0.2) is 4.39 Å². The van der Waals surface area contributed by atoms with Crippen molar-refractivity contribution in [2.45, 2.75) is 52.1 Å². The lowest BCUT2D eigenvalue weighted by Gasteiger charge is -2.41. The number of nitrogens with zero attached hydrogens (tertiary/aromatic N) is 1. The van der Waals surface area contributed by atoms with Gasteiger partial charge in [-0.1, -0.05) is 33.1 Å². The van der Waals surface area contributed by atoms with Crippen LogP contribution in [0.4, 0.5) is 4.39 Å². The Morgan fingerprint density at radius 1 is 1.35 bits per heavy atom. The molecule has 2 rings (SSSR count). The quantitative estimate of drug-likeness (QED) is 0.743. The Morgan fingerprint density at radius 2 is 2.00 bits per heavy atom. The Kier molecular flexibility index (Phi) is 4.05. The number of alkyl halides is 1. The van der Waals surface area contributed by atoms with Crippen LogP contribution in [-0.4, -0.2) is 30.1 Å². The van der Waals surface area contributed by atoms with Crippen molar-refractivity contribution >= 4 is 5.91 Å². The molecule has 1 saturated heterocycles. The van der Waals surface area contributed by atoms with Gasteiger partial charge in [0.15, 0.2) is 0 Å². The first kappa shape index (κ1) is 12.8. The molecule has 1 aliphatic heterocycles. The number of hydrogen-bond acceptors (Lipinski definition) is 1. The van der Waals surface area contributed by atoms with Gasteiger partial charge in [-0.2, -0.15) is 0 Å². The van der Waals surface area contributed by atoms with Gasteiger partial charge in [0.2, 0.25) is 5.91 Å². The molecule has 0 aromatic carbocycles. The standard InChI is InChI=1S/C14H24FNO/c1-3-10(2)12-6-4-5-7-13(12)14(17)16-8-11(15)9-16/h10-13H,3-9H2,1-2H3. The molecule has 17 heavy (non-hydrogen) atoms. The van der Waals surface area contributed by atoms with Crippen molar-refractivity contribution in [1.82, 2.24) is 4.90 Å². The van der Waals surface area contributed by atoms with E-state index in [-0.39, 0.29) is 11.8 Å². The lowest BCUT2D eigenvalue weighted by Crippen LogP contribution is -2.55. The highest BCUT2D eigenvalue weighted by atomic mass is 19.1. The molecule has 3 atom stereocenters. The molecular weight excluding hydrogens is 217 g/mol. The van der Waals surface area contributed by atoms with Crippen LogP contribution in [0.15, 0.2) is 0 Å². The van der Waals surface area contributed by atoms with Crippen molar-refractivity contribution in [1.29, 1.82) is 0 Å². The largest absolute Gasteiger partial charge is 0.336 e. The third kappa shape index (κ3) is 2.63. The third-order valence-corrected chi connectivity index (χ3v) is 4.66. The minimum absolute atomic E-state index is 0.172. The predicted octanol–water partition coefficient (Wildman–Crippen LogP) is 3.02. The monoisotopic (exact) mass is 241 g/mol. The molecule has 0 N–H and O–H groups in total. The van der Waals surface area contributed by atoms with Crippen LogP contribution in [-0.2, 0) is 4.79 Å². The first-order chi connectivity index (χ1) is 8.13. The summed E-state index contributed by atoms with van der Waals surface area (Å²) in [7, 11) is 0. The number of likely N-dealkylation sites (tertiary alicyclic amines) is 1. The maximum atomic E-state index is 12.8. The van der Waals surface area contributed by atoms with Crippen LogP contribution in [0.2, 0.25) is 0 Å². The maximum absolute atomic E-state index is 12.8. The number of carbonyl (C=O) groups excluding carboxylic acids is 1. The molecule has 0 aromatic heterocycles. The van der Waals surface area contributed by atoms with Crippen LogP contribution < -0.4 is 0 Å². The second-order valence-corrected chi connectivity index (χ2v) is 5.78. The van der Waals surface area contributed by atoms with E-state index in [4.69, 9.17) is 0 Å². The van der Waals surface area contributed by atoms with Crippen molar-refractivity contribution in [2.75, 3.05) is 13.1 Å². The van der Waals surface area contributed by atoms with Crippen LogP contribution in [0, 0.1) is 17.8 Å². The van der Waals surface area contributed by atoms with Gasteiger partial charge in [0.25, 0.3) is 0 Å². The first-order valence-electron chi connectivity index (χ1n) is 7.06. The molecule has 0 aromatic rings. The third-order valence-electron chi connectivity index (χ3n) is 4.66. The molecule has 98 valence electrons. The fraction of sp³-hybridized carbons (Fsp3) is 0.929. The van der Waals surface area contributed by atoms with Crippen molar-refractivity contribution in [2.24, 2.45) is 17.8 Å². The zero-order chi connectivity index (χ0) is 12.4. The molecule has 1 heterocycles. The minimum atomic E-state index is -0.774. The van der Waals surface area contributed by atoms with Crippen LogP contribution in [0.1, 0.15) is 46.0 Å². The molecule has 2 fully saturated rings. The van der Waals surface area contributed by atoms with E-state index in [1.807, 2.05) is 0 Å². The van der Waals surface area contributed by atoms with Crippen LogP contribution in [0.25, 0.3) is 0 Å². The van der Waals surface area contributed by atoms with Crippen LogP contribution in [0.5, 0.6) is 0 Å². The highest BCUT2D eigenvalue weighted by Gasteiger charge is 2.39. The summed E-state index contributed by atoms with van der Waals surface area (Å²) in [6.45, 7) is 5.12. The molecular formula is C14H24FNO. The van der Waals surface area contributed by atoms with Gasteiger partial charge in [0.1, 0.15) is 6.17 Å². The van der Waals surface area contributed by atoms with Crippen molar-refractivity contribution in [3.05, 3.63) is 0 Å². The average molecular weight is 241 g/mol. The minimum Gasteiger partial charge on any atom is -0.336 e. The summed E-state index contributed by atoms with van der Waals surface area (Å²) < 4.78 is 12.8. The number of hydrogen-bond donors (Lipinski definition) is 0. The van der Waals surface area contributed by atoms with E-state index < -0.39 is 6.17 Å². The van der Waals surface area contributed by atoms with Gasteiger partial charge in [0.05, 0.1) is 13.1 Å². The SMILES string of the molecule is CCC(C)C1CCCCC1C(=O)N1CC(F)C1. The van der Waals surface area contributed by atoms with E-state index in [1.165, 1.54) is 12.8 Å². The molecule has 3 heteroatoms. The summed E-state index contributed by atoms with van der Waals surface area (Å²) in [4.78, 5) is 14.0. The number of carbonyl (C=O) groups is 1. The predicted molar refractivity (Wildman–Crippen MR) is 66.4 cm³/mol. The Morgan fingerprint density at radius 3 is 2.59 bits per heavy atom. The second-order valence-electron chi connectivity index (χ2n) is 5.78. The summed E-state index contributed by atoms with van der Waals surface area (Å²) in [5.41, 5.74) is 0. The summed E-state index contributed by atoms with van der Waals surface area (Å²) in [6, 6.07) is 0. The van der Waals surface area contributed by atoms with E-state index in [9.17, 15) is 9.18 Å². The van der Waals surface area contributed by atoms with E-state index in [1.54, 1.807) is 4.90 Å². The first-order valence-corrected chi connectivity index (χ1v) is 7.06. The smallest absolute Gasteiger partial charge is 0.226 e. The lowest BCUT2D eigenvalue weighted by molar-refractivity contribution is -0.146. The summed E-state index contributed by atoms with van der Waals surface area (Å²) >= 11 is 0. The van der Waals surface area contributed by atoms with Gasteiger partial charge < -0.3 is 4.90 Å². The van der Waals surface area contributed by atoms with Crippen molar-refractivity contribution < 1.29 is 9.18 Å². The van der Waals surface area contributed by atoms with Crippen LogP contribution >= 0.6 is 0 Å². The Labute approximate surface area is 104 Å². The van der Waals surface area contributed by atoms with Gasteiger partial charge in [0, 0.05) is 5.92 Å². The maximum Gasteiger partial charge on any atom is 0.226 e. The van der Waals surface area contributed by atoms with E-state index in [0.29, 0.717) is 24.9 Å². The molecule has 1 amide bonds. The van der Waals surface area contributed by atoms with Crippen molar-refractivity contribution in [3.63, 3.8) is 0 Å². The van der Waals surface area contributed by atoms with Crippen molar-refractivity contribution in [3.8, 4) is 0 Å². The normalized spacial score (nSPS) is 32.1. The molecule has 2 aliphatic rings. The Balaban J connectivity index is 1.98. The van der Waals surface area contributed by atoms with Gasteiger partial charge in [-0.3, -0.25) is 4.79 Å². The molecule has 3 unspecified atom stereocenters. The average Bonchev–Trinajstić information content (AvgIpc) is 2.33. The number of halogens is 1. The van der Waals surface area contributed by atoms with E-state index >= 15 is 0 Å². The number of amides is 1. The Bertz CT molecular complexity index is 275. The fourth-order valence-electron chi connectivity index (χ4n) is 3.29. The van der Waals surface area contributed by atoms with Crippen LogP contribution in [0.3, 0.4) is 0 Å². The lowest BCUT2D eigenvalue weighted by atomic mass is 9.71. The molecule has 0 spiro atoms. The van der Waals surface area contributed by atoms with Gasteiger partial charge in [-0.15, -0.1) is 0 Å². The van der Waals surface area contributed by atoms with E-state index in [0.717, 1.165) is 19.3 Å². The second kappa shape index (κ2) is 5.36. The summed E-state index contributed by atoms with van der Waals surface area (Å²) in [6.07, 6.45) is 4.98. The molecule has 1 aliphatic carbocycles. The summed E-state index contributed by atoms with van der Waals surface area (Å²) in [5, 5.41) is 0. The van der Waals surface area contributed by atoms with Gasteiger partial charge >= 0.3 is 0 Å². The zero-order valence-corrected chi connectivity index (χ0v) is 11.0.